The van der Waals surface area contributed by atoms with Crippen LogP contribution in [0.1, 0.15) is 29.3 Å². The summed E-state index contributed by atoms with van der Waals surface area (Å²) in [5.74, 6) is 0.670. The Morgan fingerprint density at radius 1 is 1.25 bits per heavy atom. The summed E-state index contributed by atoms with van der Waals surface area (Å²) in [5, 5.41) is 1.93. The molecule has 0 radical (unpaired) electrons. The van der Waals surface area contributed by atoms with Gasteiger partial charge in [0, 0.05) is 23.1 Å². The summed E-state index contributed by atoms with van der Waals surface area (Å²) in [7, 11) is 3.21. The number of methoxy groups -OCH3 is 2. The highest BCUT2D eigenvalue weighted by atomic mass is 32.1. The van der Waals surface area contributed by atoms with Crippen LogP contribution in [0.2, 0.25) is 0 Å². The fourth-order valence-electron chi connectivity index (χ4n) is 3.29. The summed E-state index contributed by atoms with van der Waals surface area (Å²) in [6.45, 7) is 0.336. The zero-order valence-electron chi connectivity index (χ0n) is 15.9. The second kappa shape index (κ2) is 9.41. The number of esters is 1. The van der Waals surface area contributed by atoms with Crippen LogP contribution in [0.3, 0.4) is 0 Å². The predicted octanol–water partition coefficient (Wildman–Crippen LogP) is 3.69. The Balaban J connectivity index is 1.64. The highest BCUT2D eigenvalue weighted by Gasteiger charge is 2.32. The molecule has 1 aromatic carbocycles. The first-order chi connectivity index (χ1) is 13.6. The van der Waals surface area contributed by atoms with Crippen LogP contribution in [0, 0.1) is 0 Å². The van der Waals surface area contributed by atoms with Gasteiger partial charge in [-0.05, 0) is 48.6 Å². The van der Waals surface area contributed by atoms with Gasteiger partial charge in [-0.3, -0.25) is 4.79 Å². The van der Waals surface area contributed by atoms with E-state index in [1.54, 1.807) is 25.2 Å². The normalized spacial score (nSPS) is 16.4. The number of rotatable bonds is 7. The maximum atomic E-state index is 12.7. The van der Waals surface area contributed by atoms with E-state index in [0.29, 0.717) is 18.0 Å². The lowest BCUT2D eigenvalue weighted by atomic mass is 10.0. The average molecular weight is 401 g/mol. The van der Waals surface area contributed by atoms with E-state index in [2.05, 4.69) is 0 Å². The van der Waals surface area contributed by atoms with Gasteiger partial charge in [0.2, 0.25) is 0 Å². The Morgan fingerprint density at radius 2 is 2.11 bits per heavy atom. The summed E-state index contributed by atoms with van der Waals surface area (Å²) in [6.07, 6.45) is 4.72. The Hall–Kier alpha value is -2.80. The number of ether oxygens (including phenoxy) is 3. The van der Waals surface area contributed by atoms with Crippen molar-refractivity contribution in [3.63, 3.8) is 0 Å². The van der Waals surface area contributed by atoms with Gasteiger partial charge in [0.25, 0.3) is 5.91 Å². The molecule has 0 bridgehead atoms. The SMILES string of the molecule is COc1ccc(OC)c([C@@H]2CCCN2C(=O)COC(=O)/C=C/c2cccs2)c1. The van der Waals surface area contributed by atoms with Gasteiger partial charge in [-0.2, -0.15) is 0 Å². The Morgan fingerprint density at radius 3 is 2.82 bits per heavy atom. The van der Waals surface area contributed by atoms with Crippen molar-refractivity contribution in [1.82, 2.24) is 4.90 Å². The van der Waals surface area contributed by atoms with Gasteiger partial charge in [0.15, 0.2) is 6.61 Å². The predicted molar refractivity (Wildman–Crippen MR) is 108 cm³/mol. The quantitative estimate of drug-likeness (QED) is 0.523. The molecule has 1 amide bonds. The molecule has 1 fully saturated rings. The largest absolute Gasteiger partial charge is 0.497 e. The molecule has 0 spiro atoms. The van der Waals surface area contributed by atoms with Gasteiger partial charge in [-0.25, -0.2) is 4.79 Å². The van der Waals surface area contributed by atoms with Crippen LogP contribution in [0.5, 0.6) is 11.5 Å². The van der Waals surface area contributed by atoms with E-state index in [0.717, 1.165) is 23.3 Å². The molecular weight excluding hydrogens is 378 g/mol. The van der Waals surface area contributed by atoms with E-state index in [4.69, 9.17) is 14.2 Å². The monoisotopic (exact) mass is 401 g/mol. The minimum Gasteiger partial charge on any atom is -0.497 e. The van der Waals surface area contributed by atoms with Gasteiger partial charge in [-0.15, -0.1) is 11.3 Å². The standard InChI is InChI=1S/C21H23NO5S/c1-25-15-7-9-19(26-2)17(13-15)18-6-3-11-22(18)20(23)14-27-21(24)10-8-16-5-4-12-28-16/h4-5,7-10,12-13,18H,3,6,11,14H2,1-2H3/b10-8+/t18-/m0/s1. The Kier molecular flexibility index (Phi) is 6.71. The van der Waals surface area contributed by atoms with E-state index < -0.39 is 5.97 Å². The molecule has 6 nitrogen and oxygen atoms in total. The molecule has 1 atom stereocenters. The molecule has 0 saturated carbocycles. The lowest BCUT2D eigenvalue weighted by Gasteiger charge is -2.26. The highest BCUT2D eigenvalue weighted by Crippen LogP contribution is 2.38. The lowest BCUT2D eigenvalue weighted by Crippen LogP contribution is -2.34. The molecule has 1 aliphatic heterocycles. The van der Waals surface area contributed by atoms with E-state index in [1.165, 1.54) is 17.4 Å². The van der Waals surface area contributed by atoms with E-state index in [1.807, 2.05) is 35.7 Å². The minimum atomic E-state index is -0.531. The fourth-order valence-corrected chi connectivity index (χ4v) is 3.91. The van der Waals surface area contributed by atoms with Gasteiger partial charge >= 0.3 is 5.97 Å². The van der Waals surface area contributed by atoms with Crippen LogP contribution >= 0.6 is 11.3 Å². The number of benzene rings is 1. The Bertz CT molecular complexity index is 846. The number of likely N-dealkylation sites (tertiary alicyclic amines) is 1. The Labute approximate surface area is 168 Å². The number of thiophene rings is 1. The molecule has 1 aromatic heterocycles. The molecular formula is C21H23NO5S. The summed E-state index contributed by atoms with van der Waals surface area (Å²) in [5.41, 5.74) is 0.900. The molecule has 148 valence electrons. The maximum Gasteiger partial charge on any atom is 0.331 e. The summed E-state index contributed by atoms with van der Waals surface area (Å²) in [4.78, 5) is 27.3. The topological polar surface area (TPSA) is 65.1 Å². The van der Waals surface area contributed by atoms with Crippen molar-refractivity contribution in [1.29, 1.82) is 0 Å². The van der Waals surface area contributed by atoms with Crippen LogP contribution in [0.15, 0.2) is 41.8 Å². The van der Waals surface area contributed by atoms with Crippen molar-refractivity contribution in [3.05, 3.63) is 52.2 Å². The first-order valence-corrected chi connectivity index (χ1v) is 9.90. The smallest absolute Gasteiger partial charge is 0.331 e. The number of nitrogens with zero attached hydrogens (tertiary/aromatic N) is 1. The second-order valence-electron chi connectivity index (χ2n) is 6.31. The molecule has 2 aromatic rings. The van der Waals surface area contributed by atoms with Crippen molar-refractivity contribution in [3.8, 4) is 11.5 Å². The molecule has 2 heterocycles. The molecule has 0 aliphatic carbocycles. The molecule has 28 heavy (non-hydrogen) atoms. The third-order valence-electron chi connectivity index (χ3n) is 4.63. The van der Waals surface area contributed by atoms with E-state index >= 15 is 0 Å². The zero-order valence-corrected chi connectivity index (χ0v) is 16.7. The molecule has 1 saturated heterocycles. The third-order valence-corrected chi connectivity index (χ3v) is 5.47. The van der Waals surface area contributed by atoms with Gasteiger partial charge in [0.1, 0.15) is 11.5 Å². The number of hydrogen-bond acceptors (Lipinski definition) is 6. The number of carbonyl (C=O) groups excluding carboxylic acids is 2. The van der Waals surface area contributed by atoms with Gasteiger partial charge in [0.05, 0.1) is 20.3 Å². The van der Waals surface area contributed by atoms with E-state index in [-0.39, 0.29) is 18.6 Å². The summed E-state index contributed by atoms with van der Waals surface area (Å²) in [6, 6.07) is 9.23. The highest BCUT2D eigenvalue weighted by molar-refractivity contribution is 7.10. The fraction of sp³-hybridized carbons (Fsp3) is 0.333. The van der Waals surface area contributed by atoms with Crippen molar-refractivity contribution in [2.45, 2.75) is 18.9 Å². The van der Waals surface area contributed by atoms with Crippen LogP contribution in [-0.2, 0) is 14.3 Å². The molecule has 0 unspecified atom stereocenters. The lowest BCUT2D eigenvalue weighted by molar-refractivity contribution is -0.148. The van der Waals surface area contributed by atoms with Crippen LogP contribution in [-0.4, -0.2) is 44.1 Å². The molecule has 3 rings (SSSR count). The van der Waals surface area contributed by atoms with Crippen molar-refractivity contribution < 1.29 is 23.8 Å². The van der Waals surface area contributed by atoms with Gasteiger partial charge in [-0.1, -0.05) is 6.07 Å². The first-order valence-electron chi connectivity index (χ1n) is 9.02. The average Bonchev–Trinajstić information content (AvgIpc) is 3.41. The molecule has 1 aliphatic rings. The van der Waals surface area contributed by atoms with Crippen molar-refractivity contribution in [2.75, 3.05) is 27.4 Å². The van der Waals surface area contributed by atoms with Crippen molar-refractivity contribution >= 4 is 29.3 Å². The number of carbonyl (C=O) groups is 2. The first kappa shape index (κ1) is 19.9. The third kappa shape index (κ3) is 4.72. The molecule has 0 N–H and O–H groups in total. The van der Waals surface area contributed by atoms with Gasteiger partial charge < -0.3 is 19.1 Å². The molecule has 7 heteroatoms. The maximum absolute atomic E-state index is 12.7. The summed E-state index contributed by atoms with van der Waals surface area (Å²) >= 11 is 1.52. The summed E-state index contributed by atoms with van der Waals surface area (Å²) < 4.78 is 15.9. The van der Waals surface area contributed by atoms with Crippen LogP contribution < -0.4 is 9.47 Å². The van der Waals surface area contributed by atoms with Crippen LogP contribution in [0.4, 0.5) is 0 Å². The van der Waals surface area contributed by atoms with E-state index in [9.17, 15) is 9.59 Å². The number of hydrogen-bond donors (Lipinski definition) is 0. The number of amides is 1. The minimum absolute atomic E-state index is 0.127. The zero-order chi connectivity index (χ0) is 19.9. The van der Waals surface area contributed by atoms with Crippen molar-refractivity contribution in [2.24, 2.45) is 0 Å². The second-order valence-corrected chi connectivity index (χ2v) is 7.29. The van der Waals surface area contributed by atoms with Crippen LogP contribution in [0.25, 0.3) is 6.08 Å².